The fraction of sp³-hybridized carbons (Fsp3) is 0.316. The Bertz CT molecular complexity index is 1030. The molecule has 9 heteroatoms. The fourth-order valence-corrected chi connectivity index (χ4v) is 4.56. The molecule has 144 valence electrons. The molecular formula is C19H19N5O3S. The number of nitrogens with one attached hydrogen (secondary N) is 1. The summed E-state index contributed by atoms with van der Waals surface area (Å²) in [7, 11) is 0. The number of fused-ring (bicyclic) bond motifs is 1. The van der Waals surface area contributed by atoms with Crippen LogP contribution in [0.1, 0.15) is 40.7 Å². The van der Waals surface area contributed by atoms with Crippen LogP contribution in [-0.4, -0.2) is 25.4 Å². The number of rotatable bonds is 5. The maximum Gasteiger partial charge on any atom is 0.294 e. The van der Waals surface area contributed by atoms with Crippen molar-refractivity contribution in [2.45, 2.75) is 32.6 Å². The molecule has 1 atom stereocenters. The van der Waals surface area contributed by atoms with E-state index in [-0.39, 0.29) is 11.3 Å². The van der Waals surface area contributed by atoms with Gasteiger partial charge in [0.1, 0.15) is 5.69 Å². The summed E-state index contributed by atoms with van der Waals surface area (Å²) in [5.74, 6) is 0.272. The quantitative estimate of drug-likeness (QED) is 0.518. The number of carbonyl (C=O) groups is 1. The summed E-state index contributed by atoms with van der Waals surface area (Å²) in [5.41, 5.74) is 1.48. The van der Waals surface area contributed by atoms with Crippen molar-refractivity contribution in [3.8, 4) is 5.69 Å². The van der Waals surface area contributed by atoms with Gasteiger partial charge in [-0.3, -0.25) is 20.2 Å². The third-order valence-corrected chi connectivity index (χ3v) is 6.09. The molecule has 0 bridgehead atoms. The number of amides is 1. The largest absolute Gasteiger partial charge is 0.300 e. The van der Waals surface area contributed by atoms with Gasteiger partial charge in [0.15, 0.2) is 5.13 Å². The highest BCUT2D eigenvalue weighted by atomic mass is 32.1. The molecule has 1 N–H and O–H groups in total. The second-order valence-corrected chi connectivity index (χ2v) is 7.87. The van der Waals surface area contributed by atoms with E-state index in [1.807, 2.05) is 0 Å². The van der Waals surface area contributed by atoms with Crippen molar-refractivity contribution >= 4 is 28.1 Å². The number of nitro groups is 1. The molecular weight excluding hydrogens is 378 g/mol. The van der Waals surface area contributed by atoms with Gasteiger partial charge in [0.25, 0.3) is 11.6 Å². The van der Waals surface area contributed by atoms with E-state index in [1.54, 1.807) is 22.9 Å². The smallest absolute Gasteiger partial charge is 0.294 e. The van der Waals surface area contributed by atoms with Crippen LogP contribution in [0.25, 0.3) is 5.69 Å². The SMILES string of the molecule is CCC1CCc2nc(NC(=O)c3ccc(-n4ccnc4)c([N+](=O)[O-])c3)sc2C1. The number of hydrogen-bond donors (Lipinski definition) is 1. The molecule has 1 unspecified atom stereocenters. The normalized spacial score (nSPS) is 15.8. The number of nitrogens with zero attached hydrogens (tertiary/aromatic N) is 4. The lowest BCUT2D eigenvalue weighted by molar-refractivity contribution is -0.384. The first kappa shape index (κ1) is 18.3. The molecule has 0 saturated carbocycles. The van der Waals surface area contributed by atoms with Crippen LogP contribution in [0.5, 0.6) is 0 Å². The highest BCUT2D eigenvalue weighted by Gasteiger charge is 2.23. The summed E-state index contributed by atoms with van der Waals surface area (Å²) in [6.07, 6.45) is 8.85. The summed E-state index contributed by atoms with van der Waals surface area (Å²) >= 11 is 1.50. The van der Waals surface area contributed by atoms with Crippen molar-refractivity contribution in [1.82, 2.24) is 14.5 Å². The van der Waals surface area contributed by atoms with Gasteiger partial charge in [-0.1, -0.05) is 13.3 Å². The van der Waals surface area contributed by atoms with Gasteiger partial charge < -0.3 is 4.57 Å². The van der Waals surface area contributed by atoms with Crippen LogP contribution in [0, 0.1) is 16.0 Å². The number of aryl methyl sites for hydroxylation is 1. The van der Waals surface area contributed by atoms with Crippen molar-refractivity contribution in [1.29, 1.82) is 0 Å². The Morgan fingerprint density at radius 2 is 2.32 bits per heavy atom. The Hall–Kier alpha value is -3.07. The Morgan fingerprint density at radius 3 is 3.04 bits per heavy atom. The molecule has 0 aliphatic heterocycles. The lowest BCUT2D eigenvalue weighted by Crippen LogP contribution is -2.13. The topological polar surface area (TPSA) is 103 Å². The minimum Gasteiger partial charge on any atom is -0.300 e. The molecule has 1 aliphatic carbocycles. The summed E-state index contributed by atoms with van der Waals surface area (Å²) in [5, 5.41) is 14.8. The number of aromatic nitrogens is 3. The molecule has 1 aliphatic rings. The van der Waals surface area contributed by atoms with Gasteiger partial charge in [-0.25, -0.2) is 9.97 Å². The van der Waals surface area contributed by atoms with E-state index in [2.05, 4.69) is 22.2 Å². The van der Waals surface area contributed by atoms with Crippen LogP contribution in [-0.2, 0) is 12.8 Å². The van der Waals surface area contributed by atoms with Crippen molar-refractivity contribution in [3.63, 3.8) is 0 Å². The summed E-state index contributed by atoms with van der Waals surface area (Å²) in [4.78, 5) is 33.3. The Morgan fingerprint density at radius 1 is 1.46 bits per heavy atom. The number of imidazole rings is 1. The van der Waals surface area contributed by atoms with Gasteiger partial charge in [0.2, 0.25) is 0 Å². The molecule has 3 aromatic rings. The van der Waals surface area contributed by atoms with Gasteiger partial charge in [-0.05, 0) is 37.3 Å². The van der Waals surface area contributed by atoms with E-state index in [4.69, 9.17) is 0 Å². The summed E-state index contributed by atoms with van der Waals surface area (Å²) < 4.78 is 1.54. The first-order valence-electron chi connectivity index (χ1n) is 9.12. The van der Waals surface area contributed by atoms with Crippen LogP contribution in [0.3, 0.4) is 0 Å². The standard InChI is InChI=1S/C19H19N5O3S/c1-2-12-3-5-14-17(9-12)28-19(21-14)22-18(25)13-4-6-15(16(10-13)24(26)27)23-8-7-20-11-23/h4,6-8,10-12H,2-3,5,9H2,1H3,(H,21,22,25). The molecule has 0 spiro atoms. The number of benzene rings is 1. The van der Waals surface area contributed by atoms with E-state index in [1.165, 1.54) is 34.8 Å². The average molecular weight is 397 g/mol. The Kier molecular flexibility index (Phi) is 4.91. The highest BCUT2D eigenvalue weighted by Crippen LogP contribution is 2.34. The van der Waals surface area contributed by atoms with Crippen molar-refractivity contribution in [3.05, 3.63) is 63.2 Å². The first-order chi connectivity index (χ1) is 13.5. The number of carbonyl (C=O) groups excluding carboxylic acids is 1. The van der Waals surface area contributed by atoms with Gasteiger partial charge in [-0.2, -0.15) is 0 Å². The third-order valence-electron chi connectivity index (χ3n) is 5.06. The highest BCUT2D eigenvalue weighted by molar-refractivity contribution is 7.15. The van der Waals surface area contributed by atoms with E-state index in [0.29, 0.717) is 16.7 Å². The predicted octanol–water partition coefficient (Wildman–Crippen LogP) is 4.00. The number of hydrogen-bond acceptors (Lipinski definition) is 6. The molecule has 8 nitrogen and oxygen atoms in total. The zero-order chi connectivity index (χ0) is 19.7. The minimum absolute atomic E-state index is 0.158. The summed E-state index contributed by atoms with van der Waals surface area (Å²) in [6, 6.07) is 4.40. The maximum absolute atomic E-state index is 12.6. The summed E-state index contributed by atoms with van der Waals surface area (Å²) in [6.45, 7) is 2.19. The van der Waals surface area contributed by atoms with Gasteiger partial charge in [0, 0.05) is 28.9 Å². The molecule has 1 amide bonds. The van der Waals surface area contributed by atoms with Gasteiger partial charge >= 0.3 is 0 Å². The van der Waals surface area contributed by atoms with Crippen LogP contribution in [0.2, 0.25) is 0 Å². The maximum atomic E-state index is 12.6. The van der Waals surface area contributed by atoms with Gasteiger partial charge in [0.05, 0.1) is 16.9 Å². The Labute approximate surface area is 165 Å². The van der Waals surface area contributed by atoms with Crippen molar-refractivity contribution in [2.75, 3.05) is 5.32 Å². The second-order valence-electron chi connectivity index (χ2n) is 6.79. The molecule has 0 fully saturated rings. The van der Waals surface area contributed by atoms with E-state index >= 15 is 0 Å². The molecule has 1 aromatic carbocycles. The number of thiazole rings is 1. The zero-order valence-corrected chi connectivity index (χ0v) is 16.1. The predicted molar refractivity (Wildman–Crippen MR) is 106 cm³/mol. The van der Waals surface area contributed by atoms with Crippen molar-refractivity contribution < 1.29 is 9.72 Å². The molecule has 28 heavy (non-hydrogen) atoms. The van der Waals surface area contributed by atoms with Crippen LogP contribution >= 0.6 is 11.3 Å². The van der Waals surface area contributed by atoms with Crippen LogP contribution < -0.4 is 5.32 Å². The molecule has 0 radical (unpaired) electrons. The zero-order valence-electron chi connectivity index (χ0n) is 15.3. The van der Waals surface area contributed by atoms with Crippen LogP contribution in [0.4, 0.5) is 10.8 Å². The first-order valence-corrected chi connectivity index (χ1v) is 9.93. The van der Waals surface area contributed by atoms with Gasteiger partial charge in [-0.15, -0.1) is 11.3 Å². The molecule has 2 heterocycles. The minimum atomic E-state index is -0.501. The number of anilines is 1. The van der Waals surface area contributed by atoms with Crippen LogP contribution in [0.15, 0.2) is 36.9 Å². The second kappa shape index (κ2) is 7.51. The lowest BCUT2D eigenvalue weighted by Gasteiger charge is -2.18. The molecule has 2 aromatic heterocycles. The Balaban J connectivity index is 1.56. The average Bonchev–Trinajstić information content (AvgIpc) is 3.36. The third kappa shape index (κ3) is 3.53. The lowest BCUT2D eigenvalue weighted by atomic mass is 9.89. The molecule has 4 rings (SSSR count). The van der Waals surface area contributed by atoms with E-state index in [9.17, 15) is 14.9 Å². The number of nitro benzene ring substituents is 1. The monoisotopic (exact) mass is 397 g/mol. The van der Waals surface area contributed by atoms with E-state index in [0.717, 1.165) is 31.4 Å². The fourth-order valence-electron chi connectivity index (χ4n) is 3.45. The molecule has 0 saturated heterocycles. The van der Waals surface area contributed by atoms with Crippen molar-refractivity contribution in [2.24, 2.45) is 5.92 Å². The van der Waals surface area contributed by atoms with E-state index < -0.39 is 10.8 Å².